The number of aryl methyl sites for hydroxylation is 1. The molecule has 0 spiro atoms. The van der Waals surface area contributed by atoms with Crippen molar-refractivity contribution in [2.45, 2.75) is 49.3 Å². The summed E-state index contributed by atoms with van der Waals surface area (Å²) in [7, 11) is -1.90. The Morgan fingerprint density at radius 2 is 1.71 bits per heavy atom. The highest BCUT2D eigenvalue weighted by Gasteiger charge is 2.32. The van der Waals surface area contributed by atoms with Crippen molar-refractivity contribution in [3.05, 3.63) is 74.7 Å². The lowest BCUT2D eigenvalue weighted by Crippen LogP contribution is -2.38. The van der Waals surface area contributed by atoms with Gasteiger partial charge < -0.3 is 9.64 Å². The summed E-state index contributed by atoms with van der Waals surface area (Å²) < 4.78 is 33.3. The molecule has 3 heterocycles. The third kappa shape index (κ3) is 5.47. The monoisotopic (exact) mass is 573 g/mol. The largest absolute Gasteiger partial charge is 0.496 e. The van der Waals surface area contributed by atoms with E-state index in [4.69, 9.17) is 21.3 Å². The van der Waals surface area contributed by atoms with E-state index < -0.39 is 10.0 Å². The number of thiazole rings is 1. The van der Waals surface area contributed by atoms with Crippen LogP contribution in [-0.4, -0.2) is 61.8 Å². The molecule has 1 amide bonds. The molecule has 0 bridgehead atoms. The van der Waals surface area contributed by atoms with E-state index in [0.717, 1.165) is 29.2 Å². The number of methoxy groups -OCH3 is 1. The molecule has 3 aromatic rings. The van der Waals surface area contributed by atoms with Gasteiger partial charge >= 0.3 is 0 Å². The van der Waals surface area contributed by atoms with Crippen LogP contribution in [0, 0.1) is 6.92 Å². The van der Waals surface area contributed by atoms with E-state index in [1.54, 1.807) is 19.2 Å². The number of nitrogens with zero attached hydrogens (tertiary/aromatic N) is 3. The van der Waals surface area contributed by atoms with Gasteiger partial charge in [-0.2, -0.15) is 4.31 Å². The molecule has 0 atom stereocenters. The van der Waals surface area contributed by atoms with Crippen molar-refractivity contribution in [1.29, 1.82) is 0 Å². The van der Waals surface area contributed by atoms with E-state index in [-0.39, 0.29) is 16.7 Å². The number of piperidine rings is 2. The average Bonchev–Trinajstić information content (AvgIpc) is 3.44. The standard InChI is InChI=1S/C28H32ClN3O4S2/c1-19-7-8-22(17-24(19)29)38(34,35)32-15-11-21(12-16-32)27-30-25(18-37-27)28(33)31-13-9-20(10-14-31)23-5-3-4-6-26(23)36-2/h3-8,17-18,20-21H,9-16H2,1-2H3. The number of halogens is 1. The number of sulfonamides is 1. The molecule has 0 radical (unpaired) electrons. The Balaban J connectivity index is 1.17. The summed E-state index contributed by atoms with van der Waals surface area (Å²) in [5.41, 5.74) is 2.54. The van der Waals surface area contributed by atoms with Gasteiger partial charge in [-0.25, -0.2) is 13.4 Å². The lowest BCUT2D eigenvalue weighted by atomic mass is 9.88. The number of amides is 1. The molecule has 2 aliphatic heterocycles. The molecular weight excluding hydrogens is 542 g/mol. The van der Waals surface area contributed by atoms with Gasteiger partial charge in [0.2, 0.25) is 10.0 Å². The summed E-state index contributed by atoms with van der Waals surface area (Å²) in [6.07, 6.45) is 3.12. The van der Waals surface area contributed by atoms with Crippen LogP contribution in [0.5, 0.6) is 5.75 Å². The first kappa shape index (κ1) is 27.1. The maximum atomic E-state index is 13.2. The molecule has 2 aromatic carbocycles. The van der Waals surface area contributed by atoms with Crippen LogP contribution in [0.4, 0.5) is 0 Å². The number of carbonyl (C=O) groups excluding carboxylic acids is 1. The van der Waals surface area contributed by atoms with Gasteiger partial charge in [-0.3, -0.25) is 4.79 Å². The van der Waals surface area contributed by atoms with Crippen molar-refractivity contribution >= 4 is 38.9 Å². The van der Waals surface area contributed by atoms with Crippen molar-refractivity contribution in [3.63, 3.8) is 0 Å². The van der Waals surface area contributed by atoms with Crippen LogP contribution >= 0.6 is 22.9 Å². The average molecular weight is 574 g/mol. The molecule has 5 rings (SSSR count). The van der Waals surface area contributed by atoms with Crippen LogP contribution in [-0.2, 0) is 10.0 Å². The van der Waals surface area contributed by atoms with Gasteiger partial charge in [-0.1, -0.05) is 35.9 Å². The molecule has 38 heavy (non-hydrogen) atoms. The molecule has 0 unspecified atom stereocenters. The highest BCUT2D eigenvalue weighted by molar-refractivity contribution is 7.89. The van der Waals surface area contributed by atoms with Gasteiger partial charge in [0.15, 0.2) is 0 Å². The molecule has 2 fully saturated rings. The number of ether oxygens (including phenoxy) is 1. The smallest absolute Gasteiger partial charge is 0.273 e. The van der Waals surface area contributed by atoms with Gasteiger partial charge in [0, 0.05) is 42.5 Å². The number of para-hydroxylation sites is 1. The predicted octanol–water partition coefficient (Wildman–Crippen LogP) is 5.70. The second-order valence-corrected chi connectivity index (χ2v) is 13.2. The second kappa shape index (κ2) is 11.3. The maximum absolute atomic E-state index is 13.2. The summed E-state index contributed by atoms with van der Waals surface area (Å²) in [6.45, 7) is 4.05. The maximum Gasteiger partial charge on any atom is 0.273 e. The molecule has 2 aliphatic rings. The molecule has 7 nitrogen and oxygen atoms in total. The number of likely N-dealkylation sites (tertiary alicyclic amines) is 1. The number of rotatable bonds is 6. The third-order valence-corrected chi connectivity index (χ3v) is 11.0. The molecule has 0 saturated carbocycles. The number of benzene rings is 2. The number of hydrogen-bond donors (Lipinski definition) is 0. The Morgan fingerprint density at radius 1 is 1.03 bits per heavy atom. The highest BCUT2D eigenvalue weighted by Crippen LogP contribution is 2.36. The van der Waals surface area contributed by atoms with Gasteiger partial charge in [0.1, 0.15) is 11.4 Å². The fraction of sp³-hybridized carbons (Fsp3) is 0.429. The van der Waals surface area contributed by atoms with E-state index in [9.17, 15) is 13.2 Å². The summed E-state index contributed by atoms with van der Waals surface area (Å²) in [5.74, 6) is 1.40. The molecular formula is C28H32ClN3O4S2. The number of carbonyl (C=O) groups is 1. The molecule has 0 N–H and O–H groups in total. The van der Waals surface area contributed by atoms with Crippen molar-refractivity contribution in [3.8, 4) is 5.75 Å². The van der Waals surface area contributed by atoms with Crippen molar-refractivity contribution in [1.82, 2.24) is 14.2 Å². The zero-order chi connectivity index (χ0) is 26.9. The van der Waals surface area contributed by atoms with Gasteiger partial charge in [0.05, 0.1) is 17.0 Å². The van der Waals surface area contributed by atoms with Gasteiger partial charge in [-0.15, -0.1) is 11.3 Å². The quantitative estimate of drug-likeness (QED) is 0.378. The first-order valence-corrected chi connectivity index (χ1v) is 15.6. The summed E-state index contributed by atoms with van der Waals surface area (Å²) >= 11 is 7.67. The summed E-state index contributed by atoms with van der Waals surface area (Å²) in [5, 5.41) is 3.21. The molecule has 10 heteroatoms. The fourth-order valence-corrected chi connectivity index (χ4v) is 8.07. The van der Waals surface area contributed by atoms with Crippen molar-refractivity contribution in [2.75, 3.05) is 33.3 Å². The minimum absolute atomic E-state index is 0.0257. The van der Waals surface area contributed by atoms with E-state index in [1.807, 2.05) is 35.4 Å². The van der Waals surface area contributed by atoms with E-state index in [0.29, 0.717) is 55.7 Å². The molecule has 202 valence electrons. The van der Waals surface area contributed by atoms with Gasteiger partial charge in [0.25, 0.3) is 5.91 Å². The topological polar surface area (TPSA) is 79.8 Å². The zero-order valence-corrected chi connectivity index (χ0v) is 24.0. The van der Waals surface area contributed by atoms with Crippen LogP contribution in [0.1, 0.15) is 64.1 Å². The number of aromatic nitrogens is 1. The Hall–Kier alpha value is -2.46. The molecule has 2 saturated heterocycles. The Kier molecular flexibility index (Phi) is 8.09. The lowest BCUT2D eigenvalue weighted by Gasteiger charge is -2.32. The lowest BCUT2D eigenvalue weighted by molar-refractivity contribution is 0.0707. The normalized spacial score (nSPS) is 18.0. The van der Waals surface area contributed by atoms with Crippen LogP contribution in [0.15, 0.2) is 52.7 Å². The van der Waals surface area contributed by atoms with Crippen LogP contribution < -0.4 is 4.74 Å². The van der Waals surface area contributed by atoms with Crippen LogP contribution in [0.2, 0.25) is 5.02 Å². The molecule has 1 aromatic heterocycles. The van der Waals surface area contributed by atoms with Crippen molar-refractivity contribution in [2.24, 2.45) is 0 Å². The van der Waals surface area contributed by atoms with Crippen LogP contribution in [0.3, 0.4) is 0 Å². The minimum Gasteiger partial charge on any atom is -0.496 e. The fourth-order valence-electron chi connectivity index (χ4n) is 5.36. The Labute approximate surface area is 233 Å². The van der Waals surface area contributed by atoms with Crippen molar-refractivity contribution < 1.29 is 17.9 Å². The molecule has 0 aliphatic carbocycles. The third-order valence-electron chi connectivity index (χ3n) is 7.69. The Morgan fingerprint density at radius 3 is 2.39 bits per heavy atom. The van der Waals surface area contributed by atoms with E-state index >= 15 is 0 Å². The SMILES string of the molecule is COc1ccccc1C1CCN(C(=O)c2csc(C3CCN(S(=O)(=O)c4ccc(C)c(Cl)c4)CC3)n2)CC1. The minimum atomic E-state index is -3.60. The number of hydrogen-bond acceptors (Lipinski definition) is 6. The van der Waals surface area contributed by atoms with E-state index in [2.05, 4.69) is 6.07 Å². The first-order valence-electron chi connectivity index (χ1n) is 12.9. The first-order chi connectivity index (χ1) is 18.3. The summed E-state index contributed by atoms with van der Waals surface area (Å²) in [4.78, 5) is 20.0. The van der Waals surface area contributed by atoms with Gasteiger partial charge in [-0.05, 0) is 67.9 Å². The highest BCUT2D eigenvalue weighted by atomic mass is 35.5. The second-order valence-electron chi connectivity index (χ2n) is 9.97. The Bertz CT molecular complexity index is 1410. The van der Waals surface area contributed by atoms with E-state index in [1.165, 1.54) is 27.3 Å². The predicted molar refractivity (Wildman–Crippen MR) is 150 cm³/mol. The summed E-state index contributed by atoms with van der Waals surface area (Å²) in [6, 6.07) is 13.0. The van der Waals surface area contributed by atoms with Crippen LogP contribution in [0.25, 0.3) is 0 Å². The zero-order valence-electron chi connectivity index (χ0n) is 21.6.